The lowest BCUT2D eigenvalue weighted by atomic mass is 10.0. The third-order valence-corrected chi connectivity index (χ3v) is 14.6. The van der Waals surface area contributed by atoms with E-state index in [4.69, 9.17) is 9.05 Å². The molecule has 73 heavy (non-hydrogen) atoms. The highest BCUT2D eigenvalue weighted by molar-refractivity contribution is 7.47. The Morgan fingerprint density at radius 3 is 1.21 bits per heavy atom. The number of nitrogens with one attached hydrogen (secondary N) is 1. The second-order valence-corrected chi connectivity index (χ2v) is 23.5. The minimum absolute atomic E-state index is 0.0527. The van der Waals surface area contributed by atoms with Gasteiger partial charge in [0.2, 0.25) is 5.91 Å². The molecule has 0 spiro atoms. The molecule has 0 saturated carbocycles. The summed E-state index contributed by atoms with van der Waals surface area (Å²) < 4.78 is 23.7. The number of likely N-dealkylation sites (N-methyl/N-ethyl adjacent to an activating group) is 1. The largest absolute Gasteiger partial charge is 0.472 e. The minimum atomic E-state index is -4.36. The van der Waals surface area contributed by atoms with Crippen LogP contribution < -0.4 is 5.32 Å². The first-order chi connectivity index (χ1) is 35.5. The number of amides is 1. The van der Waals surface area contributed by atoms with Crippen LogP contribution in [0.25, 0.3) is 0 Å². The van der Waals surface area contributed by atoms with Gasteiger partial charge in [-0.1, -0.05) is 260 Å². The molecule has 426 valence electrons. The normalized spacial score (nSPS) is 14.3. The number of phosphoric ester groups is 1. The highest BCUT2D eigenvalue weighted by atomic mass is 31.2. The van der Waals surface area contributed by atoms with Crippen LogP contribution >= 0.6 is 7.82 Å². The van der Waals surface area contributed by atoms with Crippen molar-refractivity contribution in [3.05, 3.63) is 72.9 Å². The Morgan fingerprint density at radius 1 is 0.466 bits per heavy atom. The summed E-state index contributed by atoms with van der Waals surface area (Å²) in [5.74, 6) is -0.190. The summed E-state index contributed by atoms with van der Waals surface area (Å²) in [5.41, 5.74) is 0. The van der Waals surface area contributed by atoms with Crippen molar-refractivity contribution in [2.24, 2.45) is 0 Å². The average molecular weight is 1040 g/mol. The summed E-state index contributed by atoms with van der Waals surface area (Å²) in [6.07, 6.45) is 76.1. The maximum absolute atomic E-state index is 13.0. The number of aliphatic hydroxyl groups excluding tert-OH is 1. The molecule has 0 heterocycles. The van der Waals surface area contributed by atoms with Crippen LogP contribution in [-0.4, -0.2) is 73.4 Å². The van der Waals surface area contributed by atoms with E-state index in [2.05, 4.69) is 79.9 Å². The van der Waals surface area contributed by atoms with Crippen LogP contribution in [0.15, 0.2) is 72.9 Å². The molecule has 1 amide bonds. The maximum Gasteiger partial charge on any atom is 0.472 e. The molecule has 9 heteroatoms. The molecule has 0 aromatic rings. The van der Waals surface area contributed by atoms with E-state index in [1.165, 1.54) is 199 Å². The molecule has 0 aromatic carbocycles. The van der Waals surface area contributed by atoms with E-state index in [9.17, 15) is 19.4 Å². The number of unbranched alkanes of at least 4 members (excludes halogenated alkanes) is 33. The van der Waals surface area contributed by atoms with Gasteiger partial charge in [-0.15, -0.1) is 0 Å². The van der Waals surface area contributed by atoms with Gasteiger partial charge >= 0.3 is 7.82 Å². The number of rotatable bonds is 56. The van der Waals surface area contributed by atoms with Gasteiger partial charge in [0.05, 0.1) is 39.9 Å². The third kappa shape index (κ3) is 57.5. The van der Waals surface area contributed by atoms with Crippen molar-refractivity contribution in [1.29, 1.82) is 0 Å². The number of quaternary nitrogens is 1. The first kappa shape index (κ1) is 70.9. The summed E-state index contributed by atoms with van der Waals surface area (Å²) in [7, 11) is 1.55. The SMILES string of the molecule is CCCCCC/C=C/CC/C=C/CC/C=C/C(O)C(COP(=O)(O)OCC[N+](C)(C)C)NC(=O)CCCCCCCCCCCCCCCCCCCCCCCC/C=C\C/C=C\C/C=C\CCCCCCC. The van der Waals surface area contributed by atoms with Crippen molar-refractivity contribution in [2.75, 3.05) is 40.9 Å². The summed E-state index contributed by atoms with van der Waals surface area (Å²) >= 11 is 0. The van der Waals surface area contributed by atoms with E-state index in [1.54, 1.807) is 6.08 Å². The van der Waals surface area contributed by atoms with Gasteiger partial charge in [0, 0.05) is 6.42 Å². The molecule has 0 saturated heterocycles. The molecule has 3 unspecified atom stereocenters. The van der Waals surface area contributed by atoms with E-state index >= 15 is 0 Å². The predicted molar refractivity (Wildman–Crippen MR) is 318 cm³/mol. The van der Waals surface area contributed by atoms with Crippen molar-refractivity contribution in [1.82, 2.24) is 5.32 Å². The predicted octanol–water partition coefficient (Wildman–Crippen LogP) is 19.0. The second-order valence-electron chi connectivity index (χ2n) is 22.1. The lowest BCUT2D eigenvalue weighted by Gasteiger charge is -2.25. The Balaban J connectivity index is 3.98. The van der Waals surface area contributed by atoms with Crippen LogP contribution in [-0.2, 0) is 18.4 Å². The van der Waals surface area contributed by atoms with Crippen LogP contribution in [0.3, 0.4) is 0 Å². The third-order valence-electron chi connectivity index (χ3n) is 13.6. The molecular formula is C64H120N2O6P+. The van der Waals surface area contributed by atoms with Crippen LogP contribution in [0.4, 0.5) is 0 Å². The number of nitrogens with zero attached hydrogens (tertiary/aromatic N) is 1. The zero-order chi connectivity index (χ0) is 53.5. The highest BCUT2D eigenvalue weighted by Gasteiger charge is 2.27. The molecule has 0 fully saturated rings. The number of hydrogen-bond acceptors (Lipinski definition) is 5. The van der Waals surface area contributed by atoms with Crippen molar-refractivity contribution >= 4 is 13.7 Å². The van der Waals surface area contributed by atoms with Gasteiger partial charge in [0.15, 0.2) is 0 Å². The highest BCUT2D eigenvalue weighted by Crippen LogP contribution is 2.43. The molecule has 0 aliphatic rings. The standard InChI is InChI=1S/C64H119N2O6P/c1-6-8-10-12-14-16-18-20-22-23-24-25-26-27-28-29-30-31-32-33-34-35-36-37-38-39-40-41-42-43-44-46-48-50-52-54-56-58-64(68)65-62(61-72-73(69,70)71-60-59-66(3,4)5)63(67)57-55-53-51-49-47-45-21-19-17-15-13-11-9-7-2/h17-20,23-24,26-27,47,49,55,57,62-63,67H,6-16,21-22,25,28-46,48,50-54,56,58-61H2,1-5H3,(H-,65,68,69,70)/p+1/b19-17+,20-18-,24-23-,27-26-,49-47+,57-55+. The number of aliphatic hydroxyl groups is 1. The first-order valence-electron chi connectivity index (χ1n) is 30.8. The summed E-state index contributed by atoms with van der Waals surface area (Å²) in [4.78, 5) is 23.3. The molecule has 0 aliphatic carbocycles. The van der Waals surface area contributed by atoms with Crippen molar-refractivity contribution in [2.45, 2.75) is 289 Å². The Bertz CT molecular complexity index is 1420. The molecule has 0 aromatic heterocycles. The van der Waals surface area contributed by atoms with Crippen molar-refractivity contribution in [3.63, 3.8) is 0 Å². The number of hydrogen-bond donors (Lipinski definition) is 3. The Morgan fingerprint density at radius 2 is 0.795 bits per heavy atom. The van der Waals surface area contributed by atoms with Gasteiger partial charge in [0.25, 0.3) is 0 Å². The lowest BCUT2D eigenvalue weighted by molar-refractivity contribution is -0.870. The van der Waals surface area contributed by atoms with Gasteiger partial charge in [-0.05, 0) is 83.5 Å². The molecular weight excluding hydrogens is 924 g/mol. The first-order valence-corrected chi connectivity index (χ1v) is 32.3. The maximum atomic E-state index is 13.0. The van der Waals surface area contributed by atoms with Crippen molar-refractivity contribution in [3.8, 4) is 0 Å². The number of carbonyl (C=O) groups is 1. The van der Waals surface area contributed by atoms with E-state index < -0.39 is 20.0 Å². The van der Waals surface area contributed by atoms with Gasteiger partial charge < -0.3 is 19.8 Å². The zero-order valence-corrected chi connectivity index (χ0v) is 49.5. The summed E-state index contributed by atoms with van der Waals surface area (Å²) in [5, 5.41) is 13.9. The Kier molecular flexibility index (Phi) is 53.2. The second kappa shape index (κ2) is 54.7. The van der Waals surface area contributed by atoms with E-state index in [1.807, 2.05) is 27.2 Å². The van der Waals surface area contributed by atoms with Gasteiger partial charge in [-0.3, -0.25) is 13.8 Å². The molecule has 8 nitrogen and oxygen atoms in total. The number of phosphoric acid groups is 1. The van der Waals surface area contributed by atoms with Crippen LogP contribution in [0.5, 0.6) is 0 Å². The molecule has 0 rings (SSSR count). The van der Waals surface area contributed by atoms with Gasteiger partial charge in [-0.2, -0.15) is 0 Å². The zero-order valence-electron chi connectivity index (χ0n) is 48.6. The quantitative estimate of drug-likeness (QED) is 0.0243. The molecule has 0 aliphatic heterocycles. The van der Waals surface area contributed by atoms with Crippen LogP contribution in [0.1, 0.15) is 277 Å². The summed E-state index contributed by atoms with van der Waals surface area (Å²) in [6, 6.07) is -0.870. The lowest BCUT2D eigenvalue weighted by Crippen LogP contribution is -2.45. The Hall–Kier alpha value is -2.06. The fourth-order valence-electron chi connectivity index (χ4n) is 8.79. The number of allylic oxidation sites excluding steroid dienone is 11. The molecule has 3 N–H and O–H groups in total. The fourth-order valence-corrected chi connectivity index (χ4v) is 9.52. The molecule has 0 bridgehead atoms. The average Bonchev–Trinajstić information content (AvgIpc) is 3.35. The monoisotopic (exact) mass is 1040 g/mol. The summed E-state index contributed by atoms with van der Waals surface area (Å²) in [6.45, 7) is 4.76. The van der Waals surface area contributed by atoms with Crippen LogP contribution in [0, 0.1) is 0 Å². The topological polar surface area (TPSA) is 105 Å². The van der Waals surface area contributed by atoms with E-state index in [0.717, 1.165) is 57.8 Å². The Labute approximate surface area is 453 Å². The number of carbonyl (C=O) groups excluding carboxylic acids is 1. The van der Waals surface area contributed by atoms with E-state index in [-0.39, 0.29) is 19.1 Å². The van der Waals surface area contributed by atoms with Gasteiger partial charge in [0.1, 0.15) is 13.2 Å². The van der Waals surface area contributed by atoms with Gasteiger partial charge in [-0.25, -0.2) is 4.57 Å². The molecule has 3 atom stereocenters. The van der Waals surface area contributed by atoms with Crippen molar-refractivity contribution < 1.29 is 32.9 Å². The fraction of sp³-hybridized carbons (Fsp3) is 0.797. The minimum Gasteiger partial charge on any atom is -0.387 e. The molecule has 0 radical (unpaired) electrons. The smallest absolute Gasteiger partial charge is 0.387 e. The van der Waals surface area contributed by atoms with E-state index in [0.29, 0.717) is 17.4 Å². The van der Waals surface area contributed by atoms with Crippen LogP contribution in [0.2, 0.25) is 0 Å².